The molecule has 2 aromatic carbocycles. The van der Waals surface area contributed by atoms with E-state index >= 15 is 0 Å². The van der Waals surface area contributed by atoms with Crippen LogP contribution in [0.4, 0.5) is 0 Å². The maximum absolute atomic E-state index is 12.5. The molecule has 0 spiro atoms. The molecule has 0 fully saturated rings. The fourth-order valence-corrected chi connectivity index (χ4v) is 2.13. The van der Waals surface area contributed by atoms with Gasteiger partial charge in [0.25, 0.3) is 5.91 Å². The molecule has 118 valence electrons. The topological polar surface area (TPSA) is 101 Å². The molecule has 2 rings (SSSR count). The Morgan fingerprint density at radius 3 is 2.00 bits per heavy atom. The SMILES string of the molecule is NC(=O)CN(Cc1ccccc1)C(=O)c1ccc(C(=O)O)cc1. The highest BCUT2D eigenvalue weighted by Crippen LogP contribution is 2.11. The van der Waals surface area contributed by atoms with Crippen molar-refractivity contribution in [3.63, 3.8) is 0 Å². The number of nitrogens with two attached hydrogens (primary N) is 1. The van der Waals surface area contributed by atoms with E-state index < -0.39 is 11.9 Å². The van der Waals surface area contributed by atoms with Gasteiger partial charge in [-0.05, 0) is 29.8 Å². The minimum Gasteiger partial charge on any atom is -0.478 e. The van der Waals surface area contributed by atoms with Gasteiger partial charge in [0.1, 0.15) is 0 Å². The third kappa shape index (κ3) is 4.41. The van der Waals surface area contributed by atoms with Crippen molar-refractivity contribution in [1.29, 1.82) is 0 Å². The number of benzene rings is 2. The summed E-state index contributed by atoms with van der Waals surface area (Å²) in [6.07, 6.45) is 0. The van der Waals surface area contributed by atoms with E-state index in [0.29, 0.717) is 5.56 Å². The Balaban J connectivity index is 2.22. The molecular weight excluding hydrogens is 296 g/mol. The molecule has 2 aromatic rings. The maximum atomic E-state index is 12.5. The van der Waals surface area contributed by atoms with Gasteiger partial charge in [0.2, 0.25) is 5.91 Å². The largest absolute Gasteiger partial charge is 0.478 e. The summed E-state index contributed by atoms with van der Waals surface area (Å²) in [6.45, 7) is 0.0255. The molecule has 0 bridgehead atoms. The summed E-state index contributed by atoms with van der Waals surface area (Å²) in [5.74, 6) is -2.07. The molecule has 0 aliphatic rings. The number of amides is 2. The quantitative estimate of drug-likeness (QED) is 0.844. The Kier molecular flexibility index (Phi) is 5.09. The molecule has 3 N–H and O–H groups in total. The Bertz CT molecular complexity index is 711. The third-order valence-electron chi connectivity index (χ3n) is 3.23. The molecule has 6 nitrogen and oxygen atoms in total. The lowest BCUT2D eigenvalue weighted by Crippen LogP contribution is -2.38. The molecule has 2 amide bonds. The fraction of sp³-hybridized carbons (Fsp3) is 0.118. The van der Waals surface area contributed by atoms with Gasteiger partial charge in [0.15, 0.2) is 0 Å². The number of hydrogen-bond donors (Lipinski definition) is 2. The van der Waals surface area contributed by atoms with E-state index in [1.54, 1.807) is 0 Å². The van der Waals surface area contributed by atoms with Crippen LogP contribution in [0.25, 0.3) is 0 Å². The Morgan fingerprint density at radius 2 is 1.48 bits per heavy atom. The van der Waals surface area contributed by atoms with Crippen LogP contribution in [0.1, 0.15) is 26.3 Å². The summed E-state index contributed by atoms with van der Waals surface area (Å²) in [5, 5.41) is 8.88. The number of nitrogens with zero attached hydrogens (tertiary/aromatic N) is 1. The van der Waals surface area contributed by atoms with Gasteiger partial charge in [-0.15, -0.1) is 0 Å². The van der Waals surface area contributed by atoms with Crippen molar-refractivity contribution < 1.29 is 19.5 Å². The Morgan fingerprint density at radius 1 is 0.913 bits per heavy atom. The summed E-state index contributed by atoms with van der Waals surface area (Å²) in [6, 6.07) is 14.8. The predicted octanol–water partition coefficient (Wildman–Crippen LogP) is 1.51. The molecule has 0 aromatic heterocycles. The van der Waals surface area contributed by atoms with Crippen molar-refractivity contribution in [1.82, 2.24) is 4.90 Å². The molecular formula is C17H16N2O4. The number of rotatable bonds is 6. The molecule has 6 heteroatoms. The zero-order chi connectivity index (χ0) is 16.8. The first-order chi connectivity index (χ1) is 11.0. The summed E-state index contributed by atoms with van der Waals surface area (Å²) in [7, 11) is 0. The number of aromatic carboxylic acids is 1. The van der Waals surface area contributed by atoms with Crippen molar-refractivity contribution >= 4 is 17.8 Å². The van der Waals surface area contributed by atoms with Gasteiger partial charge >= 0.3 is 5.97 Å². The lowest BCUT2D eigenvalue weighted by molar-refractivity contribution is -0.118. The van der Waals surface area contributed by atoms with Crippen LogP contribution in [0.15, 0.2) is 54.6 Å². The first-order valence-electron chi connectivity index (χ1n) is 6.92. The second-order valence-electron chi connectivity index (χ2n) is 5.00. The van der Waals surface area contributed by atoms with Crippen molar-refractivity contribution in [2.75, 3.05) is 6.54 Å². The second kappa shape index (κ2) is 7.22. The zero-order valence-electron chi connectivity index (χ0n) is 12.3. The van der Waals surface area contributed by atoms with Crippen molar-refractivity contribution in [2.45, 2.75) is 6.54 Å². The fourth-order valence-electron chi connectivity index (χ4n) is 2.13. The lowest BCUT2D eigenvalue weighted by atomic mass is 10.1. The number of carbonyl (C=O) groups excluding carboxylic acids is 2. The smallest absolute Gasteiger partial charge is 0.335 e. The summed E-state index contributed by atoms with van der Waals surface area (Å²) < 4.78 is 0. The summed E-state index contributed by atoms with van der Waals surface area (Å²) in [4.78, 5) is 35.9. The highest BCUT2D eigenvalue weighted by Gasteiger charge is 2.18. The van der Waals surface area contributed by atoms with Gasteiger partial charge < -0.3 is 15.7 Å². The Hall–Kier alpha value is -3.15. The van der Waals surface area contributed by atoms with Crippen LogP contribution in [0.2, 0.25) is 0 Å². The second-order valence-corrected chi connectivity index (χ2v) is 5.00. The first-order valence-corrected chi connectivity index (χ1v) is 6.92. The highest BCUT2D eigenvalue weighted by molar-refractivity contribution is 5.97. The van der Waals surface area contributed by atoms with Crippen LogP contribution in [-0.4, -0.2) is 34.3 Å². The Labute approximate surface area is 133 Å². The van der Waals surface area contributed by atoms with Crippen LogP contribution < -0.4 is 5.73 Å². The number of hydrogen-bond acceptors (Lipinski definition) is 3. The molecule has 0 saturated heterocycles. The van der Waals surface area contributed by atoms with Gasteiger partial charge in [0, 0.05) is 12.1 Å². The van der Waals surface area contributed by atoms with Crippen LogP contribution >= 0.6 is 0 Å². The molecule has 0 atom stereocenters. The van der Waals surface area contributed by atoms with Gasteiger partial charge in [0.05, 0.1) is 12.1 Å². The van der Waals surface area contributed by atoms with E-state index in [1.807, 2.05) is 30.3 Å². The minimum atomic E-state index is -1.07. The average molecular weight is 312 g/mol. The lowest BCUT2D eigenvalue weighted by Gasteiger charge is -2.21. The number of primary amides is 1. The molecule has 0 aliphatic heterocycles. The molecule has 0 unspecified atom stereocenters. The van der Waals surface area contributed by atoms with E-state index in [2.05, 4.69) is 0 Å². The van der Waals surface area contributed by atoms with Crippen LogP contribution in [0.5, 0.6) is 0 Å². The summed E-state index contributed by atoms with van der Waals surface area (Å²) in [5.41, 5.74) is 6.47. The molecule has 0 radical (unpaired) electrons. The van der Waals surface area contributed by atoms with E-state index in [1.165, 1.54) is 29.2 Å². The number of carboxylic acid groups (broad SMARTS) is 1. The minimum absolute atomic E-state index is 0.0889. The van der Waals surface area contributed by atoms with Crippen molar-refractivity contribution in [3.8, 4) is 0 Å². The summed E-state index contributed by atoms with van der Waals surface area (Å²) >= 11 is 0. The van der Waals surface area contributed by atoms with Crippen LogP contribution in [-0.2, 0) is 11.3 Å². The molecule has 0 aliphatic carbocycles. The molecule has 0 saturated carbocycles. The van der Waals surface area contributed by atoms with E-state index in [-0.39, 0.29) is 24.6 Å². The average Bonchev–Trinajstić information content (AvgIpc) is 2.54. The van der Waals surface area contributed by atoms with Gasteiger partial charge in [-0.1, -0.05) is 30.3 Å². The van der Waals surface area contributed by atoms with Gasteiger partial charge in [-0.3, -0.25) is 9.59 Å². The molecule has 0 heterocycles. The number of carboxylic acids is 1. The van der Waals surface area contributed by atoms with E-state index in [0.717, 1.165) is 5.56 Å². The van der Waals surface area contributed by atoms with E-state index in [9.17, 15) is 14.4 Å². The maximum Gasteiger partial charge on any atom is 0.335 e. The van der Waals surface area contributed by atoms with Gasteiger partial charge in [-0.25, -0.2) is 4.79 Å². The first kappa shape index (κ1) is 16.2. The van der Waals surface area contributed by atoms with Crippen molar-refractivity contribution in [3.05, 3.63) is 71.3 Å². The number of carbonyl (C=O) groups is 3. The molecule has 23 heavy (non-hydrogen) atoms. The van der Waals surface area contributed by atoms with Crippen molar-refractivity contribution in [2.24, 2.45) is 5.73 Å². The van der Waals surface area contributed by atoms with Crippen LogP contribution in [0, 0.1) is 0 Å². The predicted molar refractivity (Wildman–Crippen MR) is 83.8 cm³/mol. The normalized spacial score (nSPS) is 10.1. The monoisotopic (exact) mass is 312 g/mol. The van der Waals surface area contributed by atoms with Gasteiger partial charge in [-0.2, -0.15) is 0 Å². The standard InChI is InChI=1S/C17H16N2O4/c18-15(20)11-19(10-12-4-2-1-3-5-12)16(21)13-6-8-14(9-7-13)17(22)23/h1-9H,10-11H2,(H2,18,20)(H,22,23). The zero-order valence-corrected chi connectivity index (χ0v) is 12.3. The van der Waals surface area contributed by atoms with E-state index in [4.69, 9.17) is 10.8 Å². The van der Waals surface area contributed by atoms with Crippen LogP contribution in [0.3, 0.4) is 0 Å². The highest BCUT2D eigenvalue weighted by atomic mass is 16.4. The third-order valence-corrected chi connectivity index (χ3v) is 3.23.